The van der Waals surface area contributed by atoms with E-state index in [4.69, 9.17) is 4.74 Å². The molecule has 0 bridgehead atoms. The van der Waals surface area contributed by atoms with Crippen LogP contribution >= 0.6 is 22.7 Å². The maximum absolute atomic E-state index is 10.4. The molecule has 0 spiro atoms. The molecule has 0 amide bonds. The molecule has 0 saturated carbocycles. The quantitative estimate of drug-likeness (QED) is 0.752. The highest BCUT2D eigenvalue weighted by atomic mass is 32.1. The van der Waals surface area contributed by atoms with Crippen LogP contribution in [0.25, 0.3) is 9.88 Å². The normalized spacial score (nSPS) is 10.1. The molecular weight excluding hydrogens is 220 g/mol. The minimum Gasteiger partial charge on any atom is -0.473 e. The van der Waals surface area contributed by atoms with Gasteiger partial charge >= 0.3 is 0 Å². The second kappa shape index (κ2) is 3.85. The summed E-state index contributed by atoms with van der Waals surface area (Å²) in [6.45, 7) is 0. The van der Waals surface area contributed by atoms with Crippen molar-refractivity contribution in [2.24, 2.45) is 0 Å². The lowest BCUT2D eigenvalue weighted by molar-refractivity contribution is 0.112. The first kappa shape index (κ1) is 9.29. The SMILES string of the molecule is COc1ncc(-c2ncc(C=O)s2)s1. The Kier molecular flexibility index (Phi) is 2.55. The van der Waals surface area contributed by atoms with Gasteiger partial charge in [-0.15, -0.1) is 11.3 Å². The maximum Gasteiger partial charge on any atom is 0.273 e. The van der Waals surface area contributed by atoms with Gasteiger partial charge in [0.25, 0.3) is 5.19 Å². The summed E-state index contributed by atoms with van der Waals surface area (Å²) >= 11 is 2.75. The van der Waals surface area contributed by atoms with Crippen LogP contribution < -0.4 is 4.74 Å². The van der Waals surface area contributed by atoms with E-state index in [1.165, 1.54) is 22.7 Å². The standard InChI is InChI=1S/C8H6N2O2S2/c1-12-8-10-3-6(14-8)7-9-2-5(4-11)13-7/h2-4H,1H3. The predicted molar refractivity (Wildman–Crippen MR) is 55.2 cm³/mol. The molecule has 0 unspecified atom stereocenters. The van der Waals surface area contributed by atoms with Crippen molar-refractivity contribution in [3.05, 3.63) is 17.3 Å². The third-order valence-corrected chi connectivity index (χ3v) is 3.56. The highest BCUT2D eigenvalue weighted by Crippen LogP contribution is 2.32. The Labute approximate surface area is 88.2 Å². The lowest BCUT2D eigenvalue weighted by atomic mass is 10.6. The number of ether oxygens (including phenoxy) is 1. The largest absolute Gasteiger partial charge is 0.473 e. The molecule has 0 atom stereocenters. The number of aromatic nitrogens is 2. The Bertz CT molecular complexity index is 450. The smallest absolute Gasteiger partial charge is 0.273 e. The minimum absolute atomic E-state index is 0.600. The van der Waals surface area contributed by atoms with Gasteiger partial charge in [-0.1, -0.05) is 11.3 Å². The van der Waals surface area contributed by atoms with Crippen LogP contribution in [0.2, 0.25) is 0 Å². The average molecular weight is 226 g/mol. The van der Waals surface area contributed by atoms with Gasteiger partial charge in [0.1, 0.15) is 5.01 Å². The molecule has 72 valence electrons. The lowest BCUT2D eigenvalue weighted by Gasteiger charge is -1.87. The van der Waals surface area contributed by atoms with Crippen LogP contribution in [-0.4, -0.2) is 23.4 Å². The van der Waals surface area contributed by atoms with E-state index in [-0.39, 0.29) is 0 Å². The Morgan fingerprint density at radius 3 is 2.79 bits per heavy atom. The summed E-state index contributed by atoms with van der Waals surface area (Å²) in [7, 11) is 1.57. The van der Waals surface area contributed by atoms with E-state index in [1.54, 1.807) is 19.5 Å². The van der Waals surface area contributed by atoms with E-state index in [0.717, 1.165) is 16.2 Å². The van der Waals surface area contributed by atoms with Gasteiger partial charge in [0.2, 0.25) is 0 Å². The van der Waals surface area contributed by atoms with Gasteiger partial charge in [-0.2, -0.15) is 0 Å². The van der Waals surface area contributed by atoms with E-state index in [0.29, 0.717) is 10.1 Å². The molecule has 6 heteroatoms. The molecular formula is C8H6N2O2S2. The van der Waals surface area contributed by atoms with E-state index in [2.05, 4.69) is 9.97 Å². The molecule has 2 rings (SSSR count). The molecule has 0 aliphatic carbocycles. The van der Waals surface area contributed by atoms with Gasteiger partial charge < -0.3 is 4.74 Å². The topological polar surface area (TPSA) is 52.1 Å². The highest BCUT2D eigenvalue weighted by molar-refractivity contribution is 7.23. The van der Waals surface area contributed by atoms with Crippen molar-refractivity contribution in [1.82, 2.24) is 9.97 Å². The number of methoxy groups -OCH3 is 1. The molecule has 0 fully saturated rings. The van der Waals surface area contributed by atoms with Crippen molar-refractivity contribution in [2.45, 2.75) is 0 Å². The van der Waals surface area contributed by atoms with E-state index >= 15 is 0 Å². The summed E-state index contributed by atoms with van der Waals surface area (Å²) in [5, 5.41) is 1.40. The van der Waals surface area contributed by atoms with E-state index < -0.39 is 0 Å². The molecule has 0 saturated heterocycles. The first-order chi connectivity index (χ1) is 6.83. The molecule has 0 aliphatic heterocycles. The summed E-state index contributed by atoms with van der Waals surface area (Å²) in [5.41, 5.74) is 0. The number of nitrogens with zero attached hydrogens (tertiary/aromatic N) is 2. The summed E-state index contributed by atoms with van der Waals surface area (Å²) in [6.07, 6.45) is 4.04. The van der Waals surface area contributed by atoms with Crippen molar-refractivity contribution < 1.29 is 9.53 Å². The Hall–Kier alpha value is -1.27. The monoisotopic (exact) mass is 226 g/mol. The van der Waals surface area contributed by atoms with Gasteiger partial charge in [0.05, 0.1) is 23.1 Å². The van der Waals surface area contributed by atoms with Crippen molar-refractivity contribution >= 4 is 29.0 Å². The summed E-state index contributed by atoms with van der Waals surface area (Å²) in [6, 6.07) is 0. The average Bonchev–Trinajstić information content (AvgIpc) is 2.86. The van der Waals surface area contributed by atoms with E-state index in [1.807, 2.05) is 0 Å². The first-order valence-corrected chi connectivity index (χ1v) is 5.38. The fourth-order valence-corrected chi connectivity index (χ4v) is 2.41. The number of rotatable bonds is 3. The number of hydrogen-bond donors (Lipinski definition) is 0. The zero-order chi connectivity index (χ0) is 9.97. The van der Waals surface area contributed by atoms with Gasteiger partial charge in [0.15, 0.2) is 6.29 Å². The number of carbonyl (C=O) groups is 1. The molecule has 14 heavy (non-hydrogen) atoms. The van der Waals surface area contributed by atoms with Crippen LogP contribution in [0.1, 0.15) is 9.67 Å². The van der Waals surface area contributed by atoms with Crippen LogP contribution in [-0.2, 0) is 0 Å². The molecule has 2 aromatic heterocycles. The third-order valence-electron chi connectivity index (χ3n) is 1.51. The summed E-state index contributed by atoms with van der Waals surface area (Å²) < 4.78 is 4.96. The van der Waals surface area contributed by atoms with Gasteiger partial charge in [-0.25, -0.2) is 9.97 Å². The zero-order valence-electron chi connectivity index (χ0n) is 7.26. The molecule has 0 radical (unpaired) electrons. The van der Waals surface area contributed by atoms with Gasteiger partial charge in [-0.3, -0.25) is 4.79 Å². The number of carbonyl (C=O) groups excluding carboxylic acids is 1. The van der Waals surface area contributed by atoms with Crippen LogP contribution in [0, 0.1) is 0 Å². The number of aldehydes is 1. The molecule has 0 aliphatic rings. The molecule has 4 nitrogen and oxygen atoms in total. The van der Waals surface area contributed by atoms with Crippen molar-refractivity contribution in [2.75, 3.05) is 7.11 Å². The van der Waals surface area contributed by atoms with Crippen molar-refractivity contribution in [1.29, 1.82) is 0 Å². The zero-order valence-corrected chi connectivity index (χ0v) is 8.89. The molecule has 2 heterocycles. The Morgan fingerprint density at radius 1 is 1.36 bits per heavy atom. The lowest BCUT2D eigenvalue weighted by Crippen LogP contribution is -1.76. The van der Waals surface area contributed by atoms with Gasteiger partial charge in [-0.05, 0) is 0 Å². The van der Waals surface area contributed by atoms with Crippen LogP contribution in [0.4, 0.5) is 0 Å². The fraction of sp³-hybridized carbons (Fsp3) is 0.125. The van der Waals surface area contributed by atoms with Crippen LogP contribution in [0.5, 0.6) is 5.19 Å². The highest BCUT2D eigenvalue weighted by Gasteiger charge is 2.08. The molecule has 0 aromatic carbocycles. The predicted octanol–water partition coefficient (Wildman–Crippen LogP) is 2.09. The van der Waals surface area contributed by atoms with Crippen LogP contribution in [0.15, 0.2) is 12.4 Å². The number of hydrogen-bond acceptors (Lipinski definition) is 6. The third kappa shape index (κ3) is 1.66. The maximum atomic E-state index is 10.4. The molecule has 2 aromatic rings. The summed E-state index contributed by atoms with van der Waals surface area (Å²) in [4.78, 5) is 20.1. The Morgan fingerprint density at radius 2 is 2.21 bits per heavy atom. The number of thiazole rings is 2. The van der Waals surface area contributed by atoms with Gasteiger partial charge in [0, 0.05) is 6.20 Å². The van der Waals surface area contributed by atoms with Crippen LogP contribution in [0.3, 0.4) is 0 Å². The summed E-state index contributed by atoms with van der Waals surface area (Å²) in [5.74, 6) is 0. The second-order valence-corrected chi connectivity index (χ2v) is 4.44. The second-order valence-electron chi connectivity index (χ2n) is 2.38. The minimum atomic E-state index is 0.600. The van der Waals surface area contributed by atoms with Crippen molar-refractivity contribution in [3.63, 3.8) is 0 Å². The molecule has 0 N–H and O–H groups in total. The Balaban J connectivity index is 2.33. The van der Waals surface area contributed by atoms with Crippen molar-refractivity contribution in [3.8, 4) is 15.1 Å². The fourth-order valence-electron chi connectivity index (χ4n) is 0.906. The van der Waals surface area contributed by atoms with E-state index in [9.17, 15) is 4.79 Å². The first-order valence-electron chi connectivity index (χ1n) is 3.74.